The van der Waals surface area contributed by atoms with Gasteiger partial charge in [0.2, 0.25) is 0 Å². The van der Waals surface area contributed by atoms with Gasteiger partial charge in [-0.3, -0.25) is 4.40 Å². The average molecular weight is 488 g/mol. The van der Waals surface area contributed by atoms with E-state index in [9.17, 15) is 0 Å². The molecule has 0 atom stereocenters. The van der Waals surface area contributed by atoms with Crippen LogP contribution in [0, 0.1) is 0 Å². The van der Waals surface area contributed by atoms with Crippen molar-refractivity contribution >= 4 is 38.5 Å². The first-order chi connectivity index (χ1) is 18.8. The van der Waals surface area contributed by atoms with Crippen molar-refractivity contribution in [1.82, 2.24) is 14.4 Å². The summed E-state index contributed by atoms with van der Waals surface area (Å²) in [5.41, 5.74) is 9.36. The van der Waals surface area contributed by atoms with Crippen LogP contribution in [0.15, 0.2) is 132 Å². The SMILES string of the molecule is c1cc(-c2ccc(-c3ncc4ccc5cccnc5n34)cc2)cc(-c2cccc3c2oc2ccccc23)c1. The minimum Gasteiger partial charge on any atom is -0.455 e. The van der Waals surface area contributed by atoms with Crippen molar-refractivity contribution in [2.45, 2.75) is 0 Å². The van der Waals surface area contributed by atoms with Crippen LogP contribution in [0.3, 0.4) is 0 Å². The molecule has 0 aliphatic rings. The number of hydrogen-bond donors (Lipinski definition) is 0. The van der Waals surface area contributed by atoms with E-state index in [0.717, 1.165) is 72.1 Å². The molecule has 4 nitrogen and oxygen atoms in total. The van der Waals surface area contributed by atoms with Crippen LogP contribution in [0.4, 0.5) is 0 Å². The number of nitrogens with zero attached hydrogens (tertiary/aromatic N) is 3. The minimum absolute atomic E-state index is 0.890. The van der Waals surface area contributed by atoms with Crippen LogP contribution in [0.2, 0.25) is 0 Å². The van der Waals surface area contributed by atoms with Gasteiger partial charge in [-0.05, 0) is 53.1 Å². The van der Waals surface area contributed by atoms with Crippen molar-refractivity contribution in [3.05, 3.63) is 128 Å². The standard InChI is InChI=1S/C34H21N3O/c1-2-12-31-29(9-1)30-11-4-10-28(32(30)38-31)26-7-3-6-25(20-26)22-13-15-24(16-14-22)34-36-21-27-18-17-23-8-5-19-35-33(23)37(27)34/h1-21H. The van der Waals surface area contributed by atoms with E-state index in [-0.39, 0.29) is 0 Å². The van der Waals surface area contributed by atoms with Crippen LogP contribution in [0.1, 0.15) is 0 Å². The molecule has 0 spiro atoms. The highest BCUT2D eigenvalue weighted by molar-refractivity contribution is 6.09. The second-order valence-electron chi connectivity index (χ2n) is 9.53. The van der Waals surface area contributed by atoms with E-state index in [0.29, 0.717) is 0 Å². The quantitative estimate of drug-likeness (QED) is 0.250. The Morgan fingerprint density at radius 2 is 1.39 bits per heavy atom. The summed E-state index contributed by atoms with van der Waals surface area (Å²) in [5.74, 6) is 0.890. The van der Waals surface area contributed by atoms with Crippen molar-refractivity contribution in [3.8, 4) is 33.6 Å². The number of hydrogen-bond acceptors (Lipinski definition) is 3. The van der Waals surface area contributed by atoms with Crippen molar-refractivity contribution in [3.63, 3.8) is 0 Å². The second kappa shape index (κ2) is 8.15. The molecule has 4 heteroatoms. The van der Waals surface area contributed by atoms with Crippen molar-refractivity contribution in [2.24, 2.45) is 0 Å². The largest absolute Gasteiger partial charge is 0.455 e. The van der Waals surface area contributed by atoms with Crippen LogP contribution >= 0.6 is 0 Å². The zero-order chi connectivity index (χ0) is 25.1. The highest BCUT2D eigenvalue weighted by atomic mass is 16.3. The summed E-state index contributed by atoms with van der Waals surface area (Å²) in [6, 6.07) is 40.0. The van der Waals surface area contributed by atoms with E-state index in [2.05, 4.69) is 106 Å². The Labute approximate surface area is 218 Å². The van der Waals surface area contributed by atoms with Gasteiger partial charge < -0.3 is 4.42 Å². The van der Waals surface area contributed by atoms with E-state index in [1.54, 1.807) is 0 Å². The molecule has 0 aliphatic carbocycles. The summed E-state index contributed by atoms with van der Waals surface area (Å²) in [4.78, 5) is 9.35. The zero-order valence-electron chi connectivity index (χ0n) is 20.4. The molecule has 0 bridgehead atoms. The highest BCUT2D eigenvalue weighted by Gasteiger charge is 2.13. The first-order valence-corrected chi connectivity index (χ1v) is 12.7. The lowest BCUT2D eigenvalue weighted by atomic mass is 9.97. The monoisotopic (exact) mass is 487 g/mol. The molecule has 0 aliphatic heterocycles. The molecule has 0 amide bonds. The van der Waals surface area contributed by atoms with Gasteiger partial charge in [-0.1, -0.05) is 78.9 Å². The lowest BCUT2D eigenvalue weighted by molar-refractivity contribution is 0.670. The molecule has 0 saturated heterocycles. The number of aromatic nitrogens is 3. The molecule has 0 unspecified atom stereocenters. The molecule has 0 N–H and O–H groups in total. The Morgan fingerprint density at radius 3 is 2.34 bits per heavy atom. The van der Waals surface area contributed by atoms with Crippen LogP contribution < -0.4 is 0 Å². The highest BCUT2D eigenvalue weighted by Crippen LogP contribution is 2.37. The summed E-state index contributed by atoms with van der Waals surface area (Å²) in [6.07, 6.45) is 3.73. The fraction of sp³-hybridized carbons (Fsp3) is 0. The maximum atomic E-state index is 6.29. The van der Waals surface area contributed by atoms with Gasteiger partial charge in [0.25, 0.3) is 0 Å². The number of furan rings is 1. The summed E-state index contributed by atoms with van der Waals surface area (Å²) < 4.78 is 8.42. The third kappa shape index (κ3) is 3.17. The van der Waals surface area contributed by atoms with Gasteiger partial charge in [0.1, 0.15) is 22.6 Å². The molecule has 8 aromatic rings. The molecule has 0 fully saturated rings. The molecule has 4 aromatic heterocycles. The first kappa shape index (κ1) is 20.9. The Kier molecular flexibility index (Phi) is 4.49. The Bertz CT molecular complexity index is 2130. The molecule has 8 rings (SSSR count). The number of imidazole rings is 1. The summed E-state index contributed by atoms with van der Waals surface area (Å²) >= 11 is 0. The van der Waals surface area contributed by atoms with E-state index in [4.69, 9.17) is 9.40 Å². The van der Waals surface area contributed by atoms with Gasteiger partial charge >= 0.3 is 0 Å². The smallest absolute Gasteiger partial charge is 0.146 e. The maximum Gasteiger partial charge on any atom is 0.146 e. The molecule has 0 radical (unpaired) electrons. The van der Waals surface area contributed by atoms with Crippen LogP contribution in [0.25, 0.3) is 72.1 Å². The van der Waals surface area contributed by atoms with Crippen molar-refractivity contribution < 1.29 is 4.42 Å². The van der Waals surface area contributed by atoms with Gasteiger partial charge in [-0.2, -0.15) is 0 Å². The Hall–Kier alpha value is -5.22. The Balaban J connectivity index is 1.20. The number of fused-ring (bicyclic) bond motifs is 6. The molecule has 4 aromatic carbocycles. The summed E-state index contributed by atoms with van der Waals surface area (Å²) in [6.45, 7) is 0. The predicted molar refractivity (Wildman–Crippen MR) is 154 cm³/mol. The van der Waals surface area contributed by atoms with Crippen molar-refractivity contribution in [1.29, 1.82) is 0 Å². The van der Waals surface area contributed by atoms with Crippen molar-refractivity contribution in [2.75, 3.05) is 0 Å². The van der Waals surface area contributed by atoms with Gasteiger partial charge in [0.15, 0.2) is 0 Å². The van der Waals surface area contributed by atoms with E-state index in [1.807, 2.05) is 30.6 Å². The van der Waals surface area contributed by atoms with E-state index in [1.165, 1.54) is 0 Å². The number of para-hydroxylation sites is 2. The van der Waals surface area contributed by atoms with E-state index >= 15 is 0 Å². The van der Waals surface area contributed by atoms with E-state index < -0.39 is 0 Å². The van der Waals surface area contributed by atoms with Gasteiger partial charge in [-0.25, -0.2) is 9.97 Å². The lowest BCUT2D eigenvalue weighted by Gasteiger charge is -2.09. The number of benzene rings is 4. The van der Waals surface area contributed by atoms with Crippen LogP contribution in [-0.4, -0.2) is 14.4 Å². The number of pyridine rings is 2. The molecule has 4 heterocycles. The Morgan fingerprint density at radius 1 is 0.579 bits per heavy atom. The predicted octanol–water partition coefficient (Wildman–Crippen LogP) is 8.78. The third-order valence-electron chi connectivity index (χ3n) is 7.31. The molecular weight excluding hydrogens is 466 g/mol. The number of rotatable bonds is 3. The van der Waals surface area contributed by atoms with Gasteiger partial charge in [0, 0.05) is 33.5 Å². The van der Waals surface area contributed by atoms with Crippen LogP contribution in [0.5, 0.6) is 0 Å². The fourth-order valence-corrected chi connectivity index (χ4v) is 5.46. The first-order valence-electron chi connectivity index (χ1n) is 12.7. The van der Waals surface area contributed by atoms with Gasteiger partial charge in [0.05, 0.1) is 11.7 Å². The van der Waals surface area contributed by atoms with Crippen LogP contribution in [-0.2, 0) is 0 Å². The second-order valence-corrected chi connectivity index (χ2v) is 9.53. The zero-order valence-corrected chi connectivity index (χ0v) is 20.4. The molecule has 0 saturated carbocycles. The minimum atomic E-state index is 0.890. The normalized spacial score (nSPS) is 11.7. The fourth-order valence-electron chi connectivity index (χ4n) is 5.46. The summed E-state index contributed by atoms with van der Waals surface area (Å²) in [5, 5.41) is 3.37. The third-order valence-corrected chi connectivity index (χ3v) is 7.31. The summed E-state index contributed by atoms with van der Waals surface area (Å²) in [7, 11) is 0. The lowest BCUT2D eigenvalue weighted by Crippen LogP contribution is -1.94. The molecule has 178 valence electrons. The average Bonchev–Trinajstić information content (AvgIpc) is 3.59. The topological polar surface area (TPSA) is 43.3 Å². The molecular formula is C34H21N3O. The molecule has 38 heavy (non-hydrogen) atoms. The maximum absolute atomic E-state index is 6.29. The van der Waals surface area contributed by atoms with Gasteiger partial charge in [-0.15, -0.1) is 0 Å².